The van der Waals surface area contributed by atoms with Crippen molar-refractivity contribution in [2.75, 3.05) is 18.9 Å². The summed E-state index contributed by atoms with van der Waals surface area (Å²) in [6.07, 6.45) is 0. The molecule has 0 bridgehead atoms. The van der Waals surface area contributed by atoms with Crippen LogP contribution in [0.3, 0.4) is 0 Å². The fourth-order valence-corrected chi connectivity index (χ4v) is 4.17. The van der Waals surface area contributed by atoms with Gasteiger partial charge in [-0.2, -0.15) is 0 Å². The van der Waals surface area contributed by atoms with Gasteiger partial charge in [0.25, 0.3) is 10.0 Å². The number of benzene rings is 1. The molecule has 7 nitrogen and oxygen atoms in total. The average Bonchev–Trinajstić information content (AvgIpc) is 3.03. The van der Waals surface area contributed by atoms with Crippen molar-refractivity contribution < 1.29 is 27.5 Å². The van der Waals surface area contributed by atoms with Crippen LogP contribution in [-0.4, -0.2) is 34.6 Å². The van der Waals surface area contributed by atoms with Gasteiger partial charge in [0, 0.05) is 5.69 Å². The van der Waals surface area contributed by atoms with Crippen LogP contribution in [-0.2, 0) is 19.5 Å². The summed E-state index contributed by atoms with van der Waals surface area (Å²) in [5, 5.41) is 1.48. The molecule has 9 heteroatoms. The summed E-state index contributed by atoms with van der Waals surface area (Å²) in [5.41, 5.74) is 0.376. The lowest BCUT2D eigenvalue weighted by atomic mass is 10.2. The van der Waals surface area contributed by atoms with Crippen molar-refractivity contribution in [2.24, 2.45) is 0 Å². The molecular formula is C14H13NO6S2. The first-order valence-corrected chi connectivity index (χ1v) is 8.62. The highest BCUT2D eigenvalue weighted by Crippen LogP contribution is 2.25. The van der Waals surface area contributed by atoms with Crippen LogP contribution in [0.1, 0.15) is 20.0 Å². The van der Waals surface area contributed by atoms with Crippen LogP contribution < -0.4 is 4.72 Å². The van der Waals surface area contributed by atoms with Crippen molar-refractivity contribution in [3.05, 3.63) is 46.2 Å². The van der Waals surface area contributed by atoms with Crippen molar-refractivity contribution in [1.29, 1.82) is 0 Å². The Kier molecular flexibility index (Phi) is 5.02. The van der Waals surface area contributed by atoms with Gasteiger partial charge in [-0.25, -0.2) is 18.0 Å². The van der Waals surface area contributed by atoms with Crippen molar-refractivity contribution in [1.82, 2.24) is 0 Å². The van der Waals surface area contributed by atoms with E-state index >= 15 is 0 Å². The highest BCUT2D eigenvalue weighted by Gasteiger charge is 2.25. The third-order valence-corrected chi connectivity index (χ3v) is 5.27. The first kappa shape index (κ1) is 17.0. The normalized spacial score (nSPS) is 10.9. The minimum absolute atomic E-state index is 0.0240. The number of rotatable bonds is 5. The zero-order chi connectivity index (χ0) is 17.0. The molecule has 0 aliphatic carbocycles. The topological polar surface area (TPSA) is 98.8 Å². The Hall–Kier alpha value is -2.39. The number of hydrogen-bond donors (Lipinski definition) is 1. The van der Waals surface area contributed by atoms with E-state index < -0.39 is 22.0 Å². The second kappa shape index (κ2) is 6.80. The van der Waals surface area contributed by atoms with Crippen molar-refractivity contribution in [2.45, 2.75) is 4.90 Å². The molecule has 0 amide bonds. The molecule has 2 rings (SSSR count). The van der Waals surface area contributed by atoms with Gasteiger partial charge in [0.15, 0.2) is 0 Å². The summed E-state index contributed by atoms with van der Waals surface area (Å²) in [4.78, 5) is 22.9. The number of methoxy groups -OCH3 is 2. The molecule has 0 radical (unpaired) electrons. The fraction of sp³-hybridized carbons (Fsp3) is 0.143. The van der Waals surface area contributed by atoms with Gasteiger partial charge in [-0.05, 0) is 29.6 Å². The maximum atomic E-state index is 12.4. The Balaban J connectivity index is 2.34. The first-order chi connectivity index (χ1) is 10.9. The number of sulfonamides is 1. The number of carbonyl (C=O) groups excluding carboxylic acids is 2. The van der Waals surface area contributed by atoms with Gasteiger partial charge < -0.3 is 9.47 Å². The monoisotopic (exact) mass is 355 g/mol. The zero-order valence-corrected chi connectivity index (χ0v) is 13.9. The molecule has 0 saturated carbocycles. The molecule has 0 aliphatic rings. The molecule has 0 aliphatic heterocycles. The Labute approximate surface area is 136 Å². The molecular weight excluding hydrogens is 342 g/mol. The molecule has 1 aromatic heterocycles. The lowest BCUT2D eigenvalue weighted by Gasteiger charge is -2.09. The second-order valence-electron chi connectivity index (χ2n) is 4.28. The van der Waals surface area contributed by atoms with Gasteiger partial charge in [-0.1, -0.05) is 6.07 Å². The highest BCUT2D eigenvalue weighted by molar-refractivity contribution is 7.93. The van der Waals surface area contributed by atoms with Crippen LogP contribution in [0.25, 0.3) is 0 Å². The maximum Gasteiger partial charge on any atom is 0.349 e. The van der Waals surface area contributed by atoms with E-state index in [1.165, 1.54) is 49.9 Å². The van der Waals surface area contributed by atoms with E-state index in [1.807, 2.05) is 0 Å². The molecule has 1 N–H and O–H groups in total. The summed E-state index contributed by atoms with van der Waals surface area (Å²) in [5.74, 6) is -1.32. The maximum absolute atomic E-state index is 12.4. The van der Waals surface area contributed by atoms with Crippen LogP contribution in [0, 0.1) is 0 Å². The highest BCUT2D eigenvalue weighted by atomic mass is 32.2. The van der Waals surface area contributed by atoms with E-state index in [4.69, 9.17) is 0 Å². The van der Waals surface area contributed by atoms with Gasteiger partial charge in [0.2, 0.25) is 0 Å². The molecule has 23 heavy (non-hydrogen) atoms. The van der Waals surface area contributed by atoms with Gasteiger partial charge >= 0.3 is 11.9 Å². The molecule has 0 spiro atoms. The largest absolute Gasteiger partial charge is 0.465 e. The Morgan fingerprint density at radius 1 is 1.09 bits per heavy atom. The zero-order valence-electron chi connectivity index (χ0n) is 12.2. The number of ether oxygens (including phenoxy) is 2. The minimum atomic E-state index is -4.00. The predicted molar refractivity (Wildman–Crippen MR) is 84.2 cm³/mol. The first-order valence-electron chi connectivity index (χ1n) is 6.26. The number of carbonyl (C=O) groups is 2. The smallest absolute Gasteiger partial charge is 0.349 e. The number of thiophene rings is 1. The van der Waals surface area contributed by atoms with Crippen molar-refractivity contribution in [3.63, 3.8) is 0 Å². The molecule has 0 atom stereocenters. The molecule has 122 valence electrons. The lowest BCUT2D eigenvalue weighted by Crippen LogP contribution is -2.16. The standard InChI is InChI=1S/C14H13NO6S2/c1-20-13(16)9-4-3-5-10(8-9)15-23(18,19)11-6-7-22-12(11)14(17)21-2/h3-8,15H,1-2H3. The second-order valence-corrected chi connectivity index (χ2v) is 6.85. The molecule has 1 aromatic carbocycles. The Morgan fingerprint density at radius 2 is 1.78 bits per heavy atom. The molecule has 1 heterocycles. The third-order valence-electron chi connectivity index (χ3n) is 2.83. The number of hydrogen-bond acceptors (Lipinski definition) is 7. The van der Waals surface area contributed by atoms with E-state index in [-0.39, 0.29) is 21.0 Å². The lowest BCUT2D eigenvalue weighted by molar-refractivity contribution is 0.0593. The van der Waals surface area contributed by atoms with E-state index in [0.29, 0.717) is 0 Å². The van der Waals surface area contributed by atoms with Gasteiger partial charge in [0.05, 0.1) is 19.8 Å². The predicted octanol–water partition coefficient (Wildman–Crippen LogP) is 2.12. The van der Waals surface area contributed by atoms with E-state index in [0.717, 1.165) is 11.3 Å². The number of anilines is 1. The fourth-order valence-electron chi connectivity index (χ4n) is 1.79. The summed E-state index contributed by atoms with van der Waals surface area (Å²) in [6.45, 7) is 0. The molecule has 0 saturated heterocycles. The van der Waals surface area contributed by atoms with Crippen LogP contribution in [0.4, 0.5) is 5.69 Å². The van der Waals surface area contributed by atoms with Crippen LogP contribution in [0.15, 0.2) is 40.6 Å². The van der Waals surface area contributed by atoms with Gasteiger partial charge in [-0.15, -0.1) is 11.3 Å². The van der Waals surface area contributed by atoms with Crippen LogP contribution >= 0.6 is 11.3 Å². The molecule has 2 aromatic rings. The summed E-state index contributed by atoms with van der Waals surface area (Å²) < 4.78 is 36.3. The Bertz CT molecular complexity index is 840. The van der Waals surface area contributed by atoms with Crippen molar-refractivity contribution >= 4 is 39.0 Å². The molecule has 0 unspecified atom stereocenters. The SMILES string of the molecule is COC(=O)c1cccc(NS(=O)(=O)c2ccsc2C(=O)OC)c1. The van der Waals surface area contributed by atoms with Gasteiger partial charge in [0.1, 0.15) is 9.77 Å². The van der Waals surface area contributed by atoms with Crippen LogP contribution in [0.5, 0.6) is 0 Å². The summed E-state index contributed by atoms with van der Waals surface area (Å²) >= 11 is 0.964. The number of nitrogens with one attached hydrogen (secondary N) is 1. The minimum Gasteiger partial charge on any atom is -0.465 e. The van der Waals surface area contributed by atoms with E-state index in [9.17, 15) is 18.0 Å². The van der Waals surface area contributed by atoms with Gasteiger partial charge in [-0.3, -0.25) is 4.72 Å². The third kappa shape index (κ3) is 3.69. The average molecular weight is 355 g/mol. The van der Waals surface area contributed by atoms with Crippen molar-refractivity contribution in [3.8, 4) is 0 Å². The molecule has 0 fully saturated rings. The van der Waals surface area contributed by atoms with E-state index in [1.54, 1.807) is 0 Å². The van der Waals surface area contributed by atoms with Crippen LogP contribution in [0.2, 0.25) is 0 Å². The number of esters is 2. The summed E-state index contributed by atoms with van der Waals surface area (Å²) in [6, 6.07) is 7.14. The quantitative estimate of drug-likeness (QED) is 0.825. The van der Waals surface area contributed by atoms with E-state index in [2.05, 4.69) is 14.2 Å². The Morgan fingerprint density at radius 3 is 2.43 bits per heavy atom. The summed E-state index contributed by atoms with van der Waals surface area (Å²) in [7, 11) is -1.60.